The molecule has 0 bridgehead atoms. The lowest BCUT2D eigenvalue weighted by Gasteiger charge is -2.41. The Kier molecular flexibility index (Phi) is 7.04. The van der Waals surface area contributed by atoms with Crippen molar-refractivity contribution in [3.05, 3.63) is 59.7 Å². The molecule has 33 heavy (non-hydrogen) atoms. The molecule has 2 amide bonds. The molecule has 0 heterocycles. The van der Waals surface area contributed by atoms with E-state index >= 15 is 0 Å². The van der Waals surface area contributed by atoms with Crippen LogP contribution in [0.25, 0.3) is 11.1 Å². The standard InChI is InChI=1S/C26H28N4O3/c1-25(2,3)33-24(32)30-26(13-4-14-26)23(31)29-22(17-28)15-18-5-9-20(10-6-18)21-11-7-19(16-27)8-12-21/h5-12,22H,4,13-15H2,1-3H3,(H,29,31)(H,30,32). The van der Waals surface area contributed by atoms with Gasteiger partial charge in [0.15, 0.2) is 0 Å². The molecule has 3 rings (SSSR count). The molecule has 1 aliphatic rings. The summed E-state index contributed by atoms with van der Waals surface area (Å²) in [5, 5.41) is 24.0. The molecule has 2 N–H and O–H groups in total. The average molecular weight is 445 g/mol. The Morgan fingerprint density at radius 2 is 1.61 bits per heavy atom. The minimum Gasteiger partial charge on any atom is -0.444 e. The van der Waals surface area contributed by atoms with Gasteiger partial charge in [-0.25, -0.2) is 4.79 Å². The van der Waals surface area contributed by atoms with Gasteiger partial charge in [-0.05, 0) is 68.9 Å². The molecule has 1 atom stereocenters. The van der Waals surface area contributed by atoms with E-state index in [1.54, 1.807) is 32.9 Å². The third-order valence-corrected chi connectivity index (χ3v) is 5.58. The van der Waals surface area contributed by atoms with Gasteiger partial charge in [0, 0.05) is 6.42 Å². The number of nitrogens with zero attached hydrogens (tertiary/aromatic N) is 2. The van der Waals surface area contributed by atoms with E-state index in [4.69, 9.17) is 10.00 Å². The van der Waals surface area contributed by atoms with Crippen LogP contribution in [0.4, 0.5) is 4.79 Å². The number of alkyl carbamates (subject to hydrolysis) is 1. The highest BCUT2D eigenvalue weighted by Crippen LogP contribution is 2.32. The van der Waals surface area contributed by atoms with Crippen molar-refractivity contribution in [3.63, 3.8) is 0 Å². The molecule has 2 aromatic carbocycles. The van der Waals surface area contributed by atoms with Crippen LogP contribution in [0, 0.1) is 22.7 Å². The van der Waals surface area contributed by atoms with Crippen molar-refractivity contribution in [2.45, 2.75) is 63.6 Å². The summed E-state index contributed by atoms with van der Waals surface area (Å²) < 4.78 is 5.30. The van der Waals surface area contributed by atoms with Crippen LogP contribution in [0.15, 0.2) is 48.5 Å². The second-order valence-corrected chi connectivity index (χ2v) is 9.31. The molecule has 7 nitrogen and oxygen atoms in total. The van der Waals surface area contributed by atoms with Gasteiger partial charge in [0.25, 0.3) is 0 Å². The highest BCUT2D eigenvalue weighted by atomic mass is 16.6. The minimum atomic E-state index is -1.03. The second-order valence-electron chi connectivity index (χ2n) is 9.31. The summed E-state index contributed by atoms with van der Waals surface area (Å²) in [6.07, 6.45) is 1.55. The first-order valence-corrected chi connectivity index (χ1v) is 11.0. The Balaban J connectivity index is 1.62. The largest absolute Gasteiger partial charge is 0.444 e. The number of amides is 2. The summed E-state index contributed by atoms with van der Waals surface area (Å²) in [5.41, 5.74) is 1.80. The molecule has 0 saturated heterocycles. The molecule has 0 aromatic heterocycles. The molecule has 2 aromatic rings. The predicted octanol–water partition coefficient (Wildman–Crippen LogP) is 4.22. The molecule has 0 aliphatic heterocycles. The summed E-state index contributed by atoms with van der Waals surface area (Å²) in [4.78, 5) is 25.2. The van der Waals surface area contributed by atoms with E-state index < -0.39 is 23.3 Å². The molecular formula is C26H28N4O3. The van der Waals surface area contributed by atoms with Gasteiger partial charge in [-0.2, -0.15) is 10.5 Å². The number of nitrogens with one attached hydrogen (secondary N) is 2. The first-order valence-electron chi connectivity index (χ1n) is 11.0. The Hall–Kier alpha value is -3.84. The van der Waals surface area contributed by atoms with E-state index in [0.717, 1.165) is 23.1 Å². The van der Waals surface area contributed by atoms with Crippen LogP contribution in [0.5, 0.6) is 0 Å². The molecule has 1 saturated carbocycles. The summed E-state index contributed by atoms with van der Waals surface area (Å²) in [7, 11) is 0. The van der Waals surface area contributed by atoms with Crippen molar-refractivity contribution in [2.24, 2.45) is 0 Å². The number of hydrogen-bond donors (Lipinski definition) is 2. The molecule has 0 spiro atoms. The maximum absolute atomic E-state index is 12.9. The SMILES string of the molecule is CC(C)(C)OC(=O)NC1(C(=O)NC(C#N)Cc2ccc(-c3ccc(C#N)cc3)cc2)CCC1. The molecule has 0 radical (unpaired) electrons. The summed E-state index contributed by atoms with van der Waals surface area (Å²) in [6.45, 7) is 5.29. The molecular weight excluding hydrogens is 416 g/mol. The fraction of sp³-hybridized carbons (Fsp3) is 0.385. The smallest absolute Gasteiger partial charge is 0.408 e. The van der Waals surface area contributed by atoms with Crippen LogP contribution in [0.2, 0.25) is 0 Å². The highest BCUT2D eigenvalue weighted by molar-refractivity contribution is 5.91. The van der Waals surface area contributed by atoms with Crippen molar-refractivity contribution in [3.8, 4) is 23.3 Å². The summed E-state index contributed by atoms with van der Waals surface area (Å²) in [6, 6.07) is 18.6. The normalized spacial score (nSPS) is 15.2. The molecule has 1 aliphatic carbocycles. The first kappa shape index (κ1) is 23.8. The minimum absolute atomic E-state index is 0.346. The van der Waals surface area contributed by atoms with Crippen molar-refractivity contribution in [2.75, 3.05) is 0 Å². The van der Waals surface area contributed by atoms with Crippen LogP contribution in [-0.2, 0) is 16.0 Å². The van der Waals surface area contributed by atoms with Crippen LogP contribution in [-0.4, -0.2) is 29.2 Å². The van der Waals surface area contributed by atoms with E-state index in [9.17, 15) is 14.9 Å². The lowest BCUT2D eigenvalue weighted by molar-refractivity contribution is -0.131. The van der Waals surface area contributed by atoms with Crippen molar-refractivity contribution in [1.82, 2.24) is 10.6 Å². The number of carbonyl (C=O) groups is 2. The summed E-state index contributed by atoms with van der Waals surface area (Å²) >= 11 is 0. The zero-order valence-electron chi connectivity index (χ0n) is 19.1. The van der Waals surface area contributed by atoms with Crippen LogP contribution in [0.1, 0.15) is 51.2 Å². The maximum atomic E-state index is 12.9. The molecule has 1 unspecified atom stereocenters. The Morgan fingerprint density at radius 1 is 1.03 bits per heavy atom. The zero-order chi connectivity index (χ0) is 24.1. The van der Waals surface area contributed by atoms with Crippen LogP contribution >= 0.6 is 0 Å². The fourth-order valence-electron chi connectivity index (χ4n) is 3.67. The van der Waals surface area contributed by atoms with Gasteiger partial charge in [0.1, 0.15) is 17.2 Å². The number of rotatable bonds is 6. The Morgan fingerprint density at radius 3 is 2.06 bits per heavy atom. The van der Waals surface area contributed by atoms with E-state index in [1.165, 1.54) is 0 Å². The quantitative estimate of drug-likeness (QED) is 0.692. The number of ether oxygens (including phenoxy) is 1. The van der Waals surface area contributed by atoms with Gasteiger partial charge in [-0.15, -0.1) is 0 Å². The number of hydrogen-bond acceptors (Lipinski definition) is 5. The Labute approximate surface area is 194 Å². The molecule has 1 fully saturated rings. The van der Waals surface area contributed by atoms with Gasteiger partial charge in [0.2, 0.25) is 5.91 Å². The average Bonchev–Trinajstić information content (AvgIpc) is 2.75. The van der Waals surface area contributed by atoms with E-state index in [0.29, 0.717) is 24.8 Å². The van der Waals surface area contributed by atoms with Crippen molar-refractivity contribution < 1.29 is 14.3 Å². The zero-order valence-corrected chi connectivity index (χ0v) is 19.1. The highest BCUT2D eigenvalue weighted by Gasteiger charge is 2.46. The number of nitriles is 2. The maximum Gasteiger partial charge on any atom is 0.408 e. The van der Waals surface area contributed by atoms with Crippen LogP contribution in [0.3, 0.4) is 0 Å². The fourth-order valence-corrected chi connectivity index (χ4v) is 3.67. The lowest BCUT2D eigenvalue weighted by Crippen LogP contribution is -2.64. The monoisotopic (exact) mass is 444 g/mol. The van der Waals surface area contributed by atoms with Crippen molar-refractivity contribution in [1.29, 1.82) is 10.5 Å². The van der Waals surface area contributed by atoms with Gasteiger partial charge < -0.3 is 15.4 Å². The van der Waals surface area contributed by atoms with Gasteiger partial charge in [-0.1, -0.05) is 36.4 Å². The van der Waals surface area contributed by atoms with E-state index in [1.807, 2.05) is 36.4 Å². The molecule has 170 valence electrons. The third kappa shape index (κ3) is 6.11. The number of carbonyl (C=O) groups excluding carboxylic acids is 2. The van der Waals surface area contributed by atoms with Gasteiger partial charge >= 0.3 is 6.09 Å². The topological polar surface area (TPSA) is 115 Å². The van der Waals surface area contributed by atoms with E-state index in [-0.39, 0.29) is 5.91 Å². The Bertz CT molecular complexity index is 1080. The van der Waals surface area contributed by atoms with Crippen LogP contribution < -0.4 is 10.6 Å². The first-order chi connectivity index (χ1) is 15.6. The summed E-state index contributed by atoms with van der Waals surface area (Å²) in [5.74, 6) is -0.361. The predicted molar refractivity (Wildman–Crippen MR) is 124 cm³/mol. The third-order valence-electron chi connectivity index (χ3n) is 5.58. The van der Waals surface area contributed by atoms with Crippen molar-refractivity contribution >= 4 is 12.0 Å². The van der Waals surface area contributed by atoms with Gasteiger partial charge in [0.05, 0.1) is 17.7 Å². The second kappa shape index (κ2) is 9.75. The van der Waals surface area contributed by atoms with Gasteiger partial charge in [-0.3, -0.25) is 4.79 Å². The lowest BCUT2D eigenvalue weighted by atomic mass is 9.76. The molecule has 7 heteroatoms. The number of benzene rings is 2. The van der Waals surface area contributed by atoms with E-state index in [2.05, 4.69) is 22.8 Å².